The number of hydrogen-bond donors (Lipinski definition) is 1. The summed E-state index contributed by atoms with van der Waals surface area (Å²) in [6.07, 6.45) is 3.49. The van der Waals surface area contributed by atoms with E-state index >= 15 is 0 Å². The number of rotatable bonds is 4. The van der Waals surface area contributed by atoms with Crippen molar-refractivity contribution >= 4 is 29.2 Å². The van der Waals surface area contributed by atoms with E-state index in [1.54, 1.807) is 17.2 Å². The van der Waals surface area contributed by atoms with E-state index < -0.39 is 0 Å². The van der Waals surface area contributed by atoms with Crippen LogP contribution in [0.25, 0.3) is 0 Å². The predicted molar refractivity (Wildman–Crippen MR) is 104 cm³/mol. The van der Waals surface area contributed by atoms with Crippen LogP contribution in [0.2, 0.25) is 5.02 Å². The molecule has 0 spiro atoms. The van der Waals surface area contributed by atoms with Gasteiger partial charge in [-0.15, -0.1) is 0 Å². The van der Waals surface area contributed by atoms with E-state index in [-0.39, 0.29) is 23.8 Å². The Kier molecular flexibility index (Phi) is 6.55. The lowest BCUT2D eigenvalue weighted by Gasteiger charge is -2.34. The van der Waals surface area contributed by atoms with Gasteiger partial charge in [0.2, 0.25) is 5.91 Å². The first-order valence-corrected chi connectivity index (χ1v) is 9.91. The van der Waals surface area contributed by atoms with E-state index in [4.69, 9.17) is 16.3 Å². The molecule has 7 nitrogen and oxygen atoms in total. The van der Waals surface area contributed by atoms with Crippen molar-refractivity contribution in [3.8, 4) is 0 Å². The zero-order chi connectivity index (χ0) is 19.4. The third kappa shape index (κ3) is 4.90. The fourth-order valence-electron chi connectivity index (χ4n) is 3.38. The topological polar surface area (TPSA) is 74.8 Å². The molecule has 0 aliphatic carbocycles. The number of hydrogen-bond acceptors (Lipinski definition) is 5. The standard InChI is InChI=1S/C19H27ClN4O3/c1-13(2)18(25)22-15-4-3-5-24(12-15)17-16(20)10-14(11-21-17)19(26)23-6-8-27-9-7-23/h10-11,13,15H,3-9,12H2,1-2H3,(H,22,25). The average molecular weight is 395 g/mol. The van der Waals surface area contributed by atoms with E-state index in [1.165, 1.54) is 0 Å². The van der Waals surface area contributed by atoms with E-state index in [9.17, 15) is 9.59 Å². The Balaban J connectivity index is 1.67. The molecule has 27 heavy (non-hydrogen) atoms. The largest absolute Gasteiger partial charge is 0.378 e. The Morgan fingerprint density at radius 3 is 2.70 bits per heavy atom. The molecule has 0 bridgehead atoms. The molecule has 3 heterocycles. The van der Waals surface area contributed by atoms with Gasteiger partial charge in [0.1, 0.15) is 5.82 Å². The van der Waals surface area contributed by atoms with Crippen LogP contribution in [0, 0.1) is 5.92 Å². The number of nitrogens with one attached hydrogen (secondary N) is 1. The van der Waals surface area contributed by atoms with E-state index in [2.05, 4.69) is 15.2 Å². The molecule has 3 rings (SSSR count). The monoisotopic (exact) mass is 394 g/mol. The van der Waals surface area contributed by atoms with Gasteiger partial charge in [-0.2, -0.15) is 0 Å². The maximum absolute atomic E-state index is 12.6. The molecule has 148 valence electrons. The smallest absolute Gasteiger partial charge is 0.255 e. The lowest BCUT2D eigenvalue weighted by molar-refractivity contribution is -0.124. The molecule has 1 aromatic rings. The van der Waals surface area contributed by atoms with E-state index in [1.807, 2.05) is 13.8 Å². The number of anilines is 1. The van der Waals surface area contributed by atoms with Crippen molar-refractivity contribution in [3.05, 3.63) is 22.8 Å². The molecule has 1 aromatic heterocycles. The van der Waals surface area contributed by atoms with Gasteiger partial charge in [-0.25, -0.2) is 4.98 Å². The van der Waals surface area contributed by atoms with Crippen LogP contribution in [0.3, 0.4) is 0 Å². The first kappa shape index (κ1) is 19.9. The van der Waals surface area contributed by atoms with Crippen LogP contribution < -0.4 is 10.2 Å². The Labute approximate surface area is 165 Å². The van der Waals surface area contributed by atoms with Crippen molar-refractivity contribution in [1.29, 1.82) is 0 Å². The number of ether oxygens (including phenoxy) is 1. The van der Waals surface area contributed by atoms with Crippen molar-refractivity contribution in [2.45, 2.75) is 32.7 Å². The molecule has 2 saturated heterocycles. The molecule has 2 fully saturated rings. The summed E-state index contributed by atoms with van der Waals surface area (Å²) in [7, 11) is 0. The normalized spacial score (nSPS) is 20.7. The number of nitrogens with zero attached hydrogens (tertiary/aromatic N) is 3. The molecule has 1 atom stereocenters. The summed E-state index contributed by atoms with van der Waals surface area (Å²) in [6.45, 7) is 7.56. The molecule has 1 N–H and O–H groups in total. The molecule has 2 aliphatic heterocycles. The zero-order valence-electron chi connectivity index (χ0n) is 15.9. The van der Waals surface area contributed by atoms with Gasteiger partial charge in [0.15, 0.2) is 0 Å². The summed E-state index contributed by atoms with van der Waals surface area (Å²) >= 11 is 6.46. The first-order valence-electron chi connectivity index (χ1n) is 9.53. The molecular weight excluding hydrogens is 368 g/mol. The molecule has 0 saturated carbocycles. The Bertz CT molecular complexity index is 692. The molecule has 2 amide bonds. The van der Waals surface area contributed by atoms with Crippen LogP contribution in [0.4, 0.5) is 5.82 Å². The number of aromatic nitrogens is 1. The second-order valence-electron chi connectivity index (χ2n) is 7.38. The van der Waals surface area contributed by atoms with Gasteiger partial charge in [0.05, 0.1) is 23.8 Å². The highest BCUT2D eigenvalue weighted by Gasteiger charge is 2.26. The maximum atomic E-state index is 12.6. The minimum Gasteiger partial charge on any atom is -0.378 e. The Morgan fingerprint density at radius 2 is 2.04 bits per heavy atom. The highest BCUT2D eigenvalue weighted by atomic mass is 35.5. The Hall–Kier alpha value is -1.86. The van der Waals surface area contributed by atoms with Gasteiger partial charge in [-0.05, 0) is 18.9 Å². The second kappa shape index (κ2) is 8.89. The number of carbonyl (C=O) groups excluding carboxylic acids is 2. The van der Waals surface area contributed by atoms with Gasteiger partial charge >= 0.3 is 0 Å². The number of morpholine rings is 1. The van der Waals surface area contributed by atoms with Gasteiger partial charge < -0.3 is 19.9 Å². The van der Waals surface area contributed by atoms with Crippen LogP contribution in [-0.4, -0.2) is 67.1 Å². The number of pyridine rings is 1. The average Bonchev–Trinajstić information content (AvgIpc) is 2.68. The minimum atomic E-state index is -0.0695. The summed E-state index contributed by atoms with van der Waals surface area (Å²) < 4.78 is 5.29. The summed E-state index contributed by atoms with van der Waals surface area (Å²) in [5.74, 6) is 0.624. The lowest BCUT2D eigenvalue weighted by Crippen LogP contribution is -2.49. The van der Waals surface area contributed by atoms with Crippen LogP contribution in [0.15, 0.2) is 12.3 Å². The molecular formula is C19H27ClN4O3. The van der Waals surface area contributed by atoms with Crippen LogP contribution in [0.5, 0.6) is 0 Å². The van der Waals surface area contributed by atoms with Crippen LogP contribution >= 0.6 is 11.6 Å². The fourth-order valence-corrected chi connectivity index (χ4v) is 3.67. The number of piperidine rings is 1. The van der Waals surface area contributed by atoms with E-state index in [0.717, 1.165) is 19.4 Å². The molecule has 1 unspecified atom stereocenters. The predicted octanol–water partition coefficient (Wildman–Crippen LogP) is 1.95. The first-order chi connectivity index (χ1) is 13.0. The molecule has 2 aliphatic rings. The van der Waals surface area contributed by atoms with Crippen molar-refractivity contribution in [1.82, 2.24) is 15.2 Å². The molecule has 0 aromatic carbocycles. The maximum Gasteiger partial charge on any atom is 0.255 e. The number of halogens is 1. The van der Waals surface area contributed by atoms with Crippen molar-refractivity contribution in [2.75, 3.05) is 44.3 Å². The van der Waals surface area contributed by atoms with Gasteiger partial charge in [0.25, 0.3) is 5.91 Å². The van der Waals surface area contributed by atoms with Crippen LogP contribution in [0.1, 0.15) is 37.0 Å². The van der Waals surface area contributed by atoms with Crippen molar-refractivity contribution < 1.29 is 14.3 Å². The summed E-state index contributed by atoms with van der Waals surface area (Å²) in [6, 6.07) is 1.78. The SMILES string of the molecule is CC(C)C(=O)NC1CCCN(c2ncc(C(=O)N3CCOCC3)cc2Cl)C1. The summed E-state index contributed by atoms with van der Waals surface area (Å²) in [5, 5.41) is 3.55. The highest BCUT2D eigenvalue weighted by molar-refractivity contribution is 6.33. The molecule has 0 radical (unpaired) electrons. The van der Waals surface area contributed by atoms with Gasteiger partial charge in [0, 0.05) is 44.3 Å². The summed E-state index contributed by atoms with van der Waals surface area (Å²) in [5.41, 5.74) is 0.493. The number of carbonyl (C=O) groups is 2. The fraction of sp³-hybridized carbons (Fsp3) is 0.632. The quantitative estimate of drug-likeness (QED) is 0.844. The number of amides is 2. The third-order valence-corrected chi connectivity index (χ3v) is 5.24. The second-order valence-corrected chi connectivity index (χ2v) is 7.79. The van der Waals surface area contributed by atoms with Crippen LogP contribution in [-0.2, 0) is 9.53 Å². The zero-order valence-corrected chi connectivity index (χ0v) is 16.7. The molecule has 8 heteroatoms. The highest BCUT2D eigenvalue weighted by Crippen LogP contribution is 2.27. The van der Waals surface area contributed by atoms with Crippen molar-refractivity contribution in [2.24, 2.45) is 5.92 Å². The van der Waals surface area contributed by atoms with Gasteiger partial charge in [-0.3, -0.25) is 9.59 Å². The minimum absolute atomic E-state index is 0.0347. The van der Waals surface area contributed by atoms with Gasteiger partial charge in [-0.1, -0.05) is 25.4 Å². The lowest BCUT2D eigenvalue weighted by atomic mass is 10.0. The third-order valence-electron chi connectivity index (χ3n) is 4.96. The van der Waals surface area contributed by atoms with E-state index in [0.29, 0.717) is 49.3 Å². The summed E-state index contributed by atoms with van der Waals surface area (Å²) in [4.78, 5) is 32.9. The Morgan fingerprint density at radius 1 is 1.30 bits per heavy atom. The van der Waals surface area contributed by atoms with Crippen molar-refractivity contribution in [3.63, 3.8) is 0 Å².